The van der Waals surface area contributed by atoms with Crippen molar-refractivity contribution in [2.75, 3.05) is 5.32 Å². The zero-order valence-electron chi connectivity index (χ0n) is 13.2. The Hall–Kier alpha value is -3.35. The van der Waals surface area contributed by atoms with E-state index < -0.39 is 23.1 Å². The summed E-state index contributed by atoms with van der Waals surface area (Å²) in [6, 6.07) is 9.43. The average Bonchev–Trinajstić information content (AvgIpc) is 2.59. The van der Waals surface area contributed by atoms with Gasteiger partial charge in [-0.1, -0.05) is 6.07 Å². The summed E-state index contributed by atoms with van der Waals surface area (Å²) in [5.41, 5.74) is 0.0252. The number of nitrogens with zero attached hydrogens (tertiary/aromatic N) is 2. The van der Waals surface area contributed by atoms with Gasteiger partial charge in [-0.25, -0.2) is 13.8 Å². The predicted molar refractivity (Wildman–Crippen MR) is 88.9 cm³/mol. The molecule has 0 aliphatic carbocycles. The largest absolute Gasteiger partial charge is 0.320 e. The maximum atomic E-state index is 13.6. The molecular weight excluding hydrogens is 328 g/mol. The summed E-state index contributed by atoms with van der Waals surface area (Å²) >= 11 is 0. The standard InChI is InChI=1S/C18H13F2N3O2/c1-11-2-5-13(10-15(11)20)22-17(24)16-18(25)23(9-8-21-16)14-6-3-12(19)4-7-14/h2-10H,1H3,(H,22,24). The summed E-state index contributed by atoms with van der Waals surface area (Å²) in [7, 11) is 0. The number of nitrogens with one attached hydrogen (secondary N) is 1. The van der Waals surface area contributed by atoms with Crippen molar-refractivity contribution in [3.63, 3.8) is 0 Å². The van der Waals surface area contributed by atoms with Crippen molar-refractivity contribution >= 4 is 11.6 Å². The van der Waals surface area contributed by atoms with Crippen molar-refractivity contribution in [3.05, 3.63) is 88.1 Å². The highest BCUT2D eigenvalue weighted by atomic mass is 19.1. The molecule has 0 radical (unpaired) electrons. The molecule has 25 heavy (non-hydrogen) atoms. The lowest BCUT2D eigenvalue weighted by Gasteiger charge is -2.08. The number of rotatable bonds is 3. The first-order valence-electron chi connectivity index (χ1n) is 7.37. The molecule has 3 rings (SSSR count). The van der Waals surface area contributed by atoms with Crippen LogP contribution in [0.5, 0.6) is 0 Å². The van der Waals surface area contributed by atoms with E-state index in [1.807, 2.05) is 0 Å². The Bertz CT molecular complexity index is 998. The molecule has 0 aliphatic heterocycles. The molecule has 5 nitrogen and oxygen atoms in total. The molecule has 1 aromatic heterocycles. The molecular formula is C18H13F2N3O2. The first-order valence-corrected chi connectivity index (χ1v) is 7.37. The molecule has 1 amide bonds. The monoisotopic (exact) mass is 341 g/mol. The average molecular weight is 341 g/mol. The zero-order valence-corrected chi connectivity index (χ0v) is 13.2. The fraction of sp³-hybridized carbons (Fsp3) is 0.0556. The maximum Gasteiger partial charge on any atom is 0.286 e. The van der Waals surface area contributed by atoms with Gasteiger partial charge in [-0.3, -0.25) is 14.2 Å². The molecule has 7 heteroatoms. The van der Waals surface area contributed by atoms with E-state index in [0.717, 1.165) is 6.07 Å². The van der Waals surface area contributed by atoms with Crippen molar-refractivity contribution in [2.24, 2.45) is 0 Å². The van der Waals surface area contributed by atoms with Crippen LogP contribution in [0.2, 0.25) is 0 Å². The summed E-state index contributed by atoms with van der Waals surface area (Å²) in [5, 5.41) is 2.44. The maximum absolute atomic E-state index is 13.6. The van der Waals surface area contributed by atoms with Crippen LogP contribution in [0.25, 0.3) is 5.69 Å². The third kappa shape index (κ3) is 3.45. The van der Waals surface area contributed by atoms with Gasteiger partial charge in [0.25, 0.3) is 11.5 Å². The quantitative estimate of drug-likeness (QED) is 0.796. The van der Waals surface area contributed by atoms with Gasteiger partial charge in [0.15, 0.2) is 5.69 Å². The van der Waals surface area contributed by atoms with Crippen LogP contribution in [-0.2, 0) is 0 Å². The molecule has 0 saturated heterocycles. The number of carbonyl (C=O) groups is 1. The van der Waals surface area contributed by atoms with E-state index >= 15 is 0 Å². The minimum absolute atomic E-state index is 0.214. The van der Waals surface area contributed by atoms with E-state index in [9.17, 15) is 18.4 Å². The smallest absolute Gasteiger partial charge is 0.286 e. The Balaban J connectivity index is 1.93. The second kappa shape index (κ2) is 6.64. The lowest BCUT2D eigenvalue weighted by Crippen LogP contribution is -2.29. The zero-order chi connectivity index (χ0) is 18.0. The Morgan fingerprint density at radius 3 is 2.52 bits per heavy atom. The third-order valence-electron chi connectivity index (χ3n) is 3.59. The molecule has 0 spiro atoms. The summed E-state index contributed by atoms with van der Waals surface area (Å²) < 4.78 is 27.8. The van der Waals surface area contributed by atoms with E-state index in [1.165, 1.54) is 53.4 Å². The van der Waals surface area contributed by atoms with Crippen molar-refractivity contribution in [1.82, 2.24) is 9.55 Å². The predicted octanol–water partition coefficient (Wildman–Crippen LogP) is 3.07. The second-order valence-corrected chi connectivity index (χ2v) is 5.35. The number of benzene rings is 2. The molecule has 1 N–H and O–H groups in total. The van der Waals surface area contributed by atoms with Crippen LogP contribution in [0, 0.1) is 18.6 Å². The van der Waals surface area contributed by atoms with E-state index in [0.29, 0.717) is 11.3 Å². The van der Waals surface area contributed by atoms with Crippen molar-refractivity contribution in [2.45, 2.75) is 6.92 Å². The van der Waals surface area contributed by atoms with Gasteiger partial charge in [-0.2, -0.15) is 0 Å². The lowest BCUT2D eigenvalue weighted by atomic mass is 10.2. The Morgan fingerprint density at radius 1 is 1.12 bits per heavy atom. The highest BCUT2D eigenvalue weighted by Gasteiger charge is 2.15. The lowest BCUT2D eigenvalue weighted by molar-refractivity contribution is 0.102. The van der Waals surface area contributed by atoms with Gasteiger partial charge in [0.2, 0.25) is 0 Å². The van der Waals surface area contributed by atoms with Gasteiger partial charge >= 0.3 is 0 Å². The van der Waals surface area contributed by atoms with Crippen LogP contribution < -0.4 is 10.9 Å². The topological polar surface area (TPSA) is 64.0 Å². The Kier molecular flexibility index (Phi) is 4.38. The molecule has 2 aromatic carbocycles. The Labute approximate surface area is 141 Å². The van der Waals surface area contributed by atoms with Gasteiger partial charge in [-0.15, -0.1) is 0 Å². The highest BCUT2D eigenvalue weighted by Crippen LogP contribution is 2.14. The molecule has 0 unspecified atom stereocenters. The Morgan fingerprint density at radius 2 is 1.84 bits per heavy atom. The minimum atomic E-state index is -0.760. The van der Waals surface area contributed by atoms with Gasteiger partial charge in [0, 0.05) is 23.8 Å². The number of hydrogen-bond donors (Lipinski definition) is 1. The van der Waals surface area contributed by atoms with E-state index in [2.05, 4.69) is 10.3 Å². The van der Waals surface area contributed by atoms with Gasteiger partial charge in [-0.05, 0) is 48.9 Å². The molecule has 1 heterocycles. The fourth-order valence-electron chi connectivity index (χ4n) is 2.23. The van der Waals surface area contributed by atoms with Crippen LogP contribution >= 0.6 is 0 Å². The van der Waals surface area contributed by atoms with Crippen LogP contribution in [0.1, 0.15) is 16.1 Å². The highest BCUT2D eigenvalue weighted by molar-refractivity contribution is 6.02. The van der Waals surface area contributed by atoms with Crippen molar-refractivity contribution < 1.29 is 13.6 Å². The molecule has 0 atom stereocenters. The minimum Gasteiger partial charge on any atom is -0.320 e. The van der Waals surface area contributed by atoms with Crippen molar-refractivity contribution in [1.29, 1.82) is 0 Å². The molecule has 0 saturated carbocycles. The van der Waals surface area contributed by atoms with Crippen molar-refractivity contribution in [3.8, 4) is 5.69 Å². The van der Waals surface area contributed by atoms with Gasteiger partial charge in [0.1, 0.15) is 11.6 Å². The van der Waals surface area contributed by atoms with Crippen LogP contribution in [0.3, 0.4) is 0 Å². The third-order valence-corrected chi connectivity index (χ3v) is 3.59. The normalized spacial score (nSPS) is 10.5. The summed E-state index contributed by atoms with van der Waals surface area (Å²) in [6.07, 6.45) is 2.66. The van der Waals surface area contributed by atoms with E-state index in [4.69, 9.17) is 0 Å². The number of amides is 1. The first-order chi connectivity index (χ1) is 12.0. The molecule has 0 aliphatic rings. The van der Waals surface area contributed by atoms with Crippen LogP contribution in [-0.4, -0.2) is 15.5 Å². The van der Waals surface area contributed by atoms with E-state index in [1.54, 1.807) is 6.92 Å². The molecule has 0 fully saturated rings. The number of aryl methyl sites for hydroxylation is 1. The number of aromatic nitrogens is 2. The summed E-state index contributed by atoms with van der Waals surface area (Å²) in [4.78, 5) is 28.6. The molecule has 126 valence electrons. The van der Waals surface area contributed by atoms with Gasteiger partial charge < -0.3 is 5.32 Å². The molecule has 0 bridgehead atoms. The van der Waals surface area contributed by atoms with Gasteiger partial charge in [0.05, 0.1) is 0 Å². The van der Waals surface area contributed by atoms with E-state index in [-0.39, 0.29) is 11.4 Å². The second-order valence-electron chi connectivity index (χ2n) is 5.35. The SMILES string of the molecule is Cc1ccc(NC(=O)c2nccn(-c3ccc(F)cc3)c2=O)cc1F. The number of hydrogen-bond acceptors (Lipinski definition) is 3. The fourth-order valence-corrected chi connectivity index (χ4v) is 2.23. The van der Waals surface area contributed by atoms with Crippen LogP contribution in [0.15, 0.2) is 59.7 Å². The first kappa shape index (κ1) is 16.5. The molecule has 3 aromatic rings. The summed E-state index contributed by atoms with van der Waals surface area (Å²) in [6.45, 7) is 1.60. The number of anilines is 1. The summed E-state index contributed by atoms with van der Waals surface area (Å²) in [5.74, 6) is -1.67. The number of halogens is 2. The van der Waals surface area contributed by atoms with Crippen LogP contribution in [0.4, 0.5) is 14.5 Å². The number of carbonyl (C=O) groups excluding carboxylic acids is 1.